The lowest BCUT2D eigenvalue weighted by Gasteiger charge is -2.37. The number of aromatic nitrogens is 4. The summed E-state index contributed by atoms with van der Waals surface area (Å²) in [6.07, 6.45) is 9.02. The van der Waals surface area contributed by atoms with E-state index in [-0.39, 0.29) is 42.7 Å². The highest BCUT2D eigenvalue weighted by Gasteiger charge is 2.40. The van der Waals surface area contributed by atoms with E-state index in [0.29, 0.717) is 88.9 Å². The van der Waals surface area contributed by atoms with Gasteiger partial charge >= 0.3 is 0 Å². The van der Waals surface area contributed by atoms with Crippen LogP contribution in [0.5, 0.6) is 5.75 Å². The molecule has 0 spiro atoms. The summed E-state index contributed by atoms with van der Waals surface area (Å²) in [6, 6.07) is 24.0. The number of piperidine rings is 2. The molecule has 3 saturated heterocycles. The van der Waals surface area contributed by atoms with Gasteiger partial charge in [-0.1, -0.05) is 18.2 Å². The second-order valence-corrected chi connectivity index (χ2v) is 19.1. The number of amides is 5. The molecule has 0 saturated carbocycles. The van der Waals surface area contributed by atoms with E-state index in [4.69, 9.17) is 19.2 Å². The number of benzene rings is 3. The molecule has 0 bridgehead atoms. The molecule has 2 aromatic heterocycles. The quantitative estimate of drug-likeness (QED) is 0.0448. The van der Waals surface area contributed by atoms with Gasteiger partial charge in [-0.25, -0.2) is 4.98 Å². The number of imide groups is 1. The van der Waals surface area contributed by atoms with Gasteiger partial charge < -0.3 is 44.9 Å². The van der Waals surface area contributed by atoms with Crippen molar-refractivity contribution >= 4 is 40.9 Å². The number of fused-ring (bicyclic) bond motifs is 1. The number of hydrogen-bond donors (Lipinski definition) is 5. The Hall–Kier alpha value is -7.22. The number of unbranched alkanes of at least 4 members (excludes halogenated alkanes) is 2. The number of ether oxygens (including phenoxy) is 3. The number of pyridine rings is 1. The minimum atomic E-state index is -0.644. The van der Waals surface area contributed by atoms with Gasteiger partial charge in [-0.15, -0.1) is 0 Å². The highest BCUT2D eigenvalue weighted by Crippen LogP contribution is 2.35. The number of carbonyl (C=O) groups excluding carboxylic acids is 5. The number of aromatic amines is 1. The third kappa shape index (κ3) is 12.7. The van der Waals surface area contributed by atoms with Gasteiger partial charge in [0.05, 0.1) is 18.2 Å². The first-order valence-corrected chi connectivity index (χ1v) is 25.5. The van der Waals surface area contributed by atoms with Gasteiger partial charge in [-0.2, -0.15) is 5.10 Å². The first-order chi connectivity index (χ1) is 35.6. The average Bonchev–Trinajstić information content (AvgIpc) is 4.05. The summed E-state index contributed by atoms with van der Waals surface area (Å²) in [5.41, 5.74) is 5.14. The third-order valence-corrected chi connectivity index (χ3v) is 14.1. The Morgan fingerprint density at radius 3 is 2.45 bits per heavy atom. The molecule has 0 aliphatic carbocycles. The van der Waals surface area contributed by atoms with Crippen LogP contribution in [0.1, 0.15) is 102 Å². The lowest BCUT2D eigenvalue weighted by molar-refractivity contribution is -0.137. The van der Waals surface area contributed by atoms with Crippen molar-refractivity contribution in [3.8, 4) is 17.1 Å². The molecule has 5 N–H and O–H groups in total. The topological polar surface area (TPSA) is 225 Å². The molecule has 5 aromatic rings. The molecular weight excluding hydrogens is 931 g/mol. The van der Waals surface area contributed by atoms with E-state index in [1.54, 1.807) is 17.3 Å². The molecule has 3 fully saturated rings. The Morgan fingerprint density at radius 1 is 0.849 bits per heavy atom. The molecule has 19 heteroatoms. The van der Waals surface area contributed by atoms with Crippen LogP contribution in [0.4, 0.5) is 11.4 Å². The van der Waals surface area contributed by atoms with Crippen LogP contribution in [0.15, 0.2) is 91.3 Å². The van der Waals surface area contributed by atoms with Crippen molar-refractivity contribution in [3.63, 3.8) is 0 Å². The van der Waals surface area contributed by atoms with Crippen molar-refractivity contribution < 1.29 is 38.2 Å². The smallest absolute Gasteiger partial charge is 0.255 e. The van der Waals surface area contributed by atoms with E-state index in [1.165, 1.54) is 0 Å². The summed E-state index contributed by atoms with van der Waals surface area (Å²) in [5.74, 6) is 0.999. The Morgan fingerprint density at radius 2 is 1.63 bits per heavy atom. The van der Waals surface area contributed by atoms with Gasteiger partial charge in [-0.3, -0.25) is 39.4 Å². The van der Waals surface area contributed by atoms with Crippen LogP contribution in [0.3, 0.4) is 0 Å². The second kappa shape index (κ2) is 24.0. The van der Waals surface area contributed by atoms with Crippen LogP contribution in [0.25, 0.3) is 11.4 Å². The molecular formula is C54H65N11O8. The van der Waals surface area contributed by atoms with Gasteiger partial charge in [0.2, 0.25) is 17.7 Å². The van der Waals surface area contributed by atoms with E-state index in [9.17, 15) is 24.0 Å². The summed E-state index contributed by atoms with van der Waals surface area (Å²) in [6.45, 7) is 8.61. The lowest BCUT2D eigenvalue weighted by atomic mass is 9.87. The molecule has 384 valence electrons. The zero-order chi connectivity index (χ0) is 50.6. The highest BCUT2D eigenvalue weighted by atomic mass is 16.5. The van der Waals surface area contributed by atoms with Crippen LogP contribution in [-0.2, 0) is 35.9 Å². The molecule has 73 heavy (non-hydrogen) atoms. The predicted molar refractivity (Wildman–Crippen MR) is 273 cm³/mol. The normalized spacial score (nSPS) is 18.0. The fourth-order valence-electron chi connectivity index (χ4n) is 9.89. The molecule has 4 aliphatic heterocycles. The van der Waals surface area contributed by atoms with E-state index in [2.05, 4.69) is 41.3 Å². The maximum Gasteiger partial charge on any atom is 0.255 e. The maximum absolute atomic E-state index is 13.6. The Kier molecular flexibility index (Phi) is 16.7. The zero-order valence-corrected chi connectivity index (χ0v) is 41.4. The maximum atomic E-state index is 13.6. The van der Waals surface area contributed by atoms with Crippen molar-refractivity contribution in [2.75, 3.05) is 82.5 Å². The third-order valence-electron chi connectivity index (χ3n) is 14.1. The minimum absolute atomic E-state index is 0.0295. The van der Waals surface area contributed by atoms with Crippen molar-refractivity contribution in [1.82, 2.24) is 45.9 Å². The van der Waals surface area contributed by atoms with Crippen LogP contribution in [0, 0.1) is 0 Å². The largest absolute Gasteiger partial charge is 0.494 e. The number of nitrogens with zero attached hydrogens (tertiary/aromatic N) is 6. The van der Waals surface area contributed by atoms with Crippen LogP contribution >= 0.6 is 0 Å². The Balaban J connectivity index is 0.618. The number of rotatable bonds is 22. The molecule has 6 heterocycles. The second-order valence-electron chi connectivity index (χ2n) is 19.1. The summed E-state index contributed by atoms with van der Waals surface area (Å²) < 4.78 is 17.6. The van der Waals surface area contributed by atoms with E-state index < -0.39 is 17.5 Å². The van der Waals surface area contributed by atoms with E-state index >= 15 is 0 Å². The van der Waals surface area contributed by atoms with Crippen molar-refractivity contribution in [2.45, 2.75) is 82.5 Å². The van der Waals surface area contributed by atoms with Crippen LogP contribution < -0.4 is 30.9 Å². The van der Waals surface area contributed by atoms with Crippen molar-refractivity contribution in [2.24, 2.45) is 0 Å². The number of H-pyrrole nitrogens is 1. The number of nitrogens with one attached hydrogen (secondary N) is 5. The molecule has 4 aliphatic rings. The van der Waals surface area contributed by atoms with Gasteiger partial charge in [-0.05, 0) is 137 Å². The fraction of sp³-hybridized carbons (Fsp3) is 0.444. The molecule has 9 rings (SSSR count). The van der Waals surface area contributed by atoms with Gasteiger partial charge in [0, 0.05) is 99.4 Å². The molecule has 2 unspecified atom stereocenters. The predicted octanol–water partition coefficient (Wildman–Crippen LogP) is 5.13. The summed E-state index contributed by atoms with van der Waals surface area (Å²) in [7, 11) is 0. The molecule has 3 aromatic carbocycles. The standard InChI is InChI=1S/C54H65N11O8/c1-37(57-50(68)40-9-5-10-42(32-40)60-54(18-22-56-23-19-54)53-59-49(61-62-53)38-16-20-55-21-17-38)39-8-6-11-44(34-39)73-31-4-2-3-28-71-29-7-30-72-36-48(67)64-26-24-63(25-27-64)43-12-13-45-41(33-43)35-65(52(45)70)46-14-15-47(66)58-51(46)69/h5-6,8-13,16-17,20-21,32-34,37,46,56,60H,2-4,7,14-15,18-19,22-31,35-36H2,1H3,(H,57,68)(H,58,66,69)(H,59,61,62). The lowest BCUT2D eigenvalue weighted by Crippen LogP contribution is -2.52. The summed E-state index contributed by atoms with van der Waals surface area (Å²) >= 11 is 0. The fourth-order valence-corrected chi connectivity index (χ4v) is 9.89. The number of piperazine rings is 1. The summed E-state index contributed by atoms with van der Waals surface area (Å²) in [4.78, 5) is 78.2. The number of anilines is 2. The van der Waals surface area contributed by atoms with Gasteiger partial charge in [0.1, 0.15) is 18.4 Å². The number of hydrogen-bond acceptors (Lipinski definition) is 14. The van der Waals surface area contributed by atoms with Crippen molar-refractivity contribution in [3.05, 3.63) is 119 Å². The van der Waals surface area contributed by atoms with E-state index in [1.807, 2.05) is 90.7 Å². The van der Waals surface area contributed by atoms with E-state index in [0.717, 1.165) is 84.8 Å². The first-order valence-electron chi connectivity index (χ1n) is 25.5. The zero-order valence-electron chi connectivity index (χ0n) is 41.4. The number of carbonyl (C=O) groups is 5. The van der Waals surface area contributed by atoms with Crippen LogP contribution in [0.2, 0.25) is 0 Å². The first kappa shape index (κ1) is 50.7. The van der Waals surface area contributed by atoms with Gasteiger partial charge in [0.15, 0.2) is 11.6 Å². The average molecular weight is 996 g/mol. The van der Waals surface area contributed by atoms with Gasteiger partial charge in [0.25, 0.3) is 11.8 Å². The molecule has 2 atom stereocenters. The van der Waals surface area contributed by atoms with Crippen LogP contribution in [-0.4, -0.2) is 138 Å². The monoisotopic (exact) mass is 996 g/mol. The molecule has 0 radical (unpaired) electrons. The Labute approximate surface area is 425 Å². The summed E-state index contributed by atoms with van der Waals surface area (Å²) in [5, 5.41) is 20.4. The Bertz CT molecular complexity index is 2720. The molecule has 19 nitrogen and oxygen atoms in total. The minimum Gasteiger partial charge on any atom is -0.494 e. The molecule has 5 amide bonds. The SMILES string of the molecule is CC(NC(=O)c1cccc(NC2(c3nc(-c4ccncc4)n[nH]3)CCNCC2)c1)c1cccc(OCCCCCOCCCOCC(=O)N2CCN(c3ccc4c(c3)CN(C3CCC(=O)NC3=O)C4=O)CC2)c1. The van der Waals surface area contributed by atoms with Crippen molar-refractivity contribution in [1.29, 1.82) is 0 Å². The highest BCUT2D eigenvalue weighted by molar-refractivity contribution is 6.05.